The van der Waals surface area contributed by atoms with Gasteiger partial charge in [0.25, 0.3) is 5.91 Å². The largest absolute Gasteiger partial charge is 0.497 e. The quantitative estimate of drug-likeness (QED) is 0.855. The second-order valence-electron chi connectivity index (χ2n) is 3.90. The van der Waals surface area contributed by atoms with E-state index < -0.39 is 18.4 Å². The third-order valence-corrected chi connectivity index (χ3v) is 2.51. The zero-order valence-electron chi connectivity index (χ0n) is 13.0. The van der Waals surface area contributed by atoms with Gasteiger partial charge >= 0.3 is 5.97 Å². The van der Waals surface area contributed by atoms with Crippen LogP contribution in [0.25, 0.3) is 0 Å². The SMILES string of the molecule is [2H]C([2H])(NC(=O)c1cc(C(=O)O)ncn1)c1cccc(OC)c1. The molecule has 1 heterocycles. The summed E-state index contributed by atoms with van der Waals surface area (Å²) >= 11 is 0. The second kappa shape index (κ2) is 6.47. The zero-order valence-corrected chi connectivity index (χ0v) is 11.0. The van der Waals surface area contributed by atoms with E-state index >= 15 is 0 Å². The van der Waals surface area contributed by atoms with Gasteiger partial charge in [-0.05, 0) is 17.7 Å². The lowest BCUT2D eigenvalue weighted by atomic mass is 10.2. The molecule has 1 aromatic heterocycles. The maximum atomic E-state index is 12.1. The van der Waals surface area contributed by atoms with Crippen molar-refractivity contribution in [2.24, 2.45) is 0 Å². The smallest absolute Gasteiger partial charge is 0.354 e. The van der Waals surface area contributed by atoms with Crippen molar-refractivity contribution in [3.8, 4) is 5.75 Å². The first-order valence-corrected chi connectivity index (χ1v) is 5.86. The minimum atomic E-state index is -2.19. The highest BCUT2D eigenvalue weighted by Crippen LogP contribution is 2.12. The van der Waals surface area contributed by atoms with Crippen molar-refractivity contribution in [2.75, 3.05) is 7.11 Å². The molecule has 7 nitrogen and oxygen atoms in total. The molecule has 2 aromatic rings. The molecule has 0 radical (unpaired) electrons. The minimum Gasteiger partial charge on any atom is -0.497 e. The van der Waals surface area contributed by atoms with Gasteiger partial charge in [-0.25, -0.2) is 14.8 Å². The fourth-order valence-electron chi connectivity index (χ4n) is 1.49. The minimum absolute atomic E-state index is 0.178. The number of hydrogen-bond donors (Lipinski definition) is 2. The predicted molar refractivity (Wildman–Crippen MR) is 73.2 cm³/mol. The lowest BCUT2D eigenvalue weighted by molar-refractivity contribution is 0.0690. The summed E-state index contributed by atoms with van der Waals surface area (Å²) in [6, 6.07) is 7.14. The molecular formula is C14H13N3O4. The Morgan fingerprint density at radius 3 is 2.81 bits per heavy atom. The van der Waals surface area contributed by atoms with E-state index in [4.69, 9.17) is 12.6 Å². The van der Waals surface area contributed by atoms with Crippen LogP contribution in [0, 0.1) is 0 Å². The Hall–Kier alpha value is -2.96. The average molecular weight is 289 g/mol. The summed E-state index contributed by atoms with van der Waals surface area (Å²) in [7, 11) is 1.45. The lowest BCUT2D eigenvalue weighted by Crippen LogP contribution is -2.24. The van der Waals surface area contributed by atoms with E-state index in [2.05, 4.69) is 15.3 Å². The van der Waals surface area contributed by atoms with Gasteiger partial charge in [0.1, 0.15) is 17.8 Å². The Morgan fingerprint density at radius 2 is 2.10 bits per heavy atom. The van der Waals surface area contributed by atoms with E-state index in [0.29, 0.717) is 5.75 Å². The van der Waals surface area contributed by atoms with E-state index in [9.17, 15) is 9.59 Å². The second-order valence-corrected chi connectivity index (χ2v) is 3.90. The van der Waals surface area contributed by atoms with Crippen LogP contribution in [0.15, 0.2) is 36.7 Å². The number of amides is 1. The van der Waals surface area contributed by atoms with Crippen LogP contribution >= 0.6 is 0 Å². The van der Waals surface area contributed by atoms with E-state index in [-0.39, 0.29) is 17.0 Å². The Labute approximate surface area is 123 Å². The van der Waals surface area contributed by atoms with Crippen LogP contribution in [-0.2, 0) is 6.50 Å². The molecule has 2 rings (SSSR count). The summed E-state index contributed by atoms with van der Waals surface area (Å²) in [6.07, 6.45) is 0.930. The van der Waals surface area contributed by atoms with Gasteiger partial charge < -0.3 is 15.2 Å². The van der Waals surface area contributed by atoms with Crippen LogP contribution in [0.2, 0.25) is 0 Å². The highest BCUT2D eigenvalue weighted by atomic mass is 16.5. The predicted octanol–water partition coefficient (Wildman–Crippen LogP) is 1.11. The molecule has 0 saturated carbocycles. The molecule has 7 heteroatoms. The van der Waals surface area contributed by atoms with Crippen molar-refractivity contribution in [1.82, 2.24) is 15.3 Å². The van der Waals surface area contributed by atoms with E-state index in [1.54, 1.807) is 12.1 Å². The summed E-state index contributed by atoms with van der Waals surface area (Å²) < 4.78 is 21.0. The molecule has 0 atom stereocenters. The molecule has 0 bridgehead atoms. The maximum absolute atomic E-state index is 12.1. The summed E-state index contributed by atoms with van der Waals surface area (Å²) in [5.74, 6) is -1.73. The first-order valence-electron chi connectivity index (χ1n) is 6.86. The highest BCUT2D eigenvalue weighted by Gasteiger charge is 2.11. The number of carboxylic acid groups (broad SMARTS) is 1. The molecule has 1 amide bonds. The number of rotatable bonds is 5. The van der Waals surface area contributed by atoms with Crippen molar-refractivity contribution in [3.05, 3.63) is 53.6 Å². The molecule has 0 unspecified atom stereocenters. The number of nitrogens with one attached hydrogen (secondary N) is 1. The van der Waals surface area contributed by atoms with Crippen molar-refractivity contribution in [1.29, 1.82) is 0 Å². The fraction of sp³-hybridized carbons (Fsp3) is 0.143. The van der Waals surface area contributed by atoms with Gasteiger partial charge in [0, 0.05) is 12.6 Å². The van der Waals surface area contributed by atoms with Crippen LogP contribution in [0.4, 0.5) is 0 Å². The molecule has 0 saturated heterocycles. The van der Waals surface area contributed by atoms with Gasteiger partial charge in [-0.1, -0.05) is 12.1 Å². The zero-order chi connectivity index (χ0) is 17.0. The maximum Gasteiger partial charge on any atom is 0.354 e. The number of ether oxygens (including phenoxy) is 1. The van der Waals surface area contributed by atoms with Crippen LogP contribution in [0.3, 0.4) is 0 Å². The number of benzene rings is 1. The van der Waals surface area contributed by atoms with E-state index in [1.165, 1.54) is 19.2 Å². The lowest BCUT2D eigenvalue weighted by Gasteiger charge is -2.06. The number of hydrogen-bond acceptors (Lipinski definition) is 5. The fourth-order valence-corrected chi connectivity index (χ4v) is 1.49. The molecule has 0 aliphatic heterocycles. The normalized spacial score (nSPS) is 12.0. The van der Waals surface area contributed by atoms with Crippen LogP contribution in [-0.4, -0.2) is 34.1 Å². The molecule has 21 heavy (non-hydrogen) atoms. The number of aromatic carboxylic acids is 1. The summed E-state index contributed by atoms with van der Waals surface area (Å²) in [6.45, 7) is -2.19. The first kappa shape index (κ1) is 11.8. The first-order chi connectivity index (χ1) is 10.8. The summed E-state index contributed by atoms with van der Waals surface area (Å²) in [5.41, 5.74) is -0.422. The van der Waals surface area contributed by atoms with Crippen LogP contribution in [0.5, 0.6) is 5.75 Å². The summed E-state index contributed by atoms with van der Waals surface area (Å²) in [4.78, 5) is 30.1. The number of aromatic nitrogens is 2. The Kier molecular flexibility index (Phi) is 3.64. The monoisotopic (exact) mass is 289 g/mol. The van der Waals surface area contributed by atoms with Gasteiger partial charge in [0.15, 0.2) is 5.69 Å². The average Bonchev–Trinajstić information content (AvgIpc) is 2.54. The Morgan fingerprint density at radius 1 is 1.33 bits per heavy atom. The Bertz CT molecular complexity index is 752. The molecule has 0 aliphatic carbocycles. The highest BCUT2D eigenvalue weighted by molar-refractivity contribution is 5.94. The molecule has 1 aromatic carbocycles. The molecular weight excluding hydrogens is 274 g/mol. The molecule has 0 fully saturated rings. The van der Waals surface area contributed by atoms with Gasteiger partial charge in [-0.15, -0.1) is 0 Å². The molecule has 0 spiro atoms. The van der Waals surface area contributed by atoms with E-state index in [0.717, 1.165) is 12.4 Å². The summed E-state index contributed by atoms with van der Waals surface area (Å²) in [5, 5.41) is 11.0. The third kappa shape index (κ3) is 3.75. The van der Waals surface area contributed by atoms with Crippen LogP contribution in [0.1, 0.15) is 29.3 Å². The van der Waals surface area contributed by atoms with Gasteiger partial charge in [-0.3, -0.25) is 4.79 Å². The molecule has 108 valence electrons. The van der Waals surface area contributed by atoms with Crippen molar-refractivity contribution in [2.45, 2.75) is 6.50 Å². The van der Waals surface area contributed by atoms with Gasteiger partial charge in [0.2, 0.25) is 0 Å². The van der Waals surface area contributed by atoms with Crippen molar-refractivity contribution in [3.63, 3.8) is 0 Å². The molecule has 0 aliphatic rings. The Balaban J connectivity index is 2.24. The number of carbonyl (C=O) groups is 2. The number of methoxy groups -OCH3 is 1. The standard InChI is InChI=1S/C14H13N3O4/c1-21-10-4-2-3-9(5-10)7-15-13(18)11-6-12(14(19)20)17-8-16-11/h2-6,8H,7H2,1H3,(H,15,18)(H,19,20)/i7D2. The van der Waals surface area contributed by atoms with Crippen molar-refractivity contribution >= 4 is 11.9 Å². The van der Waals surface area contributed by atoms with Crippen LogP contribution < -0.4 is 10.1 Å². The van der Waals surface area contributed by atoms with Gasteiger partial charge in [0.05, 0.1) is 9.85 Å². The molecule has 2 N–H and O–H groups in total. The topological polar surface area (TPSA) is 101 Å². The number of carbonyl (C=O) groups excluding carboxylic acids is 1. The third-order valence-electron chi connectivity index (χ3n) is 2.51. The van der Waals surface area contributed by atoms with E-state index in [1.807, 2.05) is 0 Å². The number of carboxylic acids is 1. The van der Waals surface area contributed by atoms with Crippen molar-refractivity contribution < 1.29 is 22.2 Å². The number of nitrogens with zero attached hydrogens (tertiary/aromatic N) is 2. The van der Waals surface area contributed by atoms with Gasteiger partial charge in [-0.2, -0.15) is 0 Å².